The molecule has 1 atom stereocenters. The predicted molar refractivity (Wildman–Crippen MR) is 66.8 cm³/mol. The minimum absolute atomic E-state index is 0.0226. The van der Waals surface area contributed by atoms with Gasteiger partial charge >= 0.3 is 0 Å². The SMILES string of the molecule is [2H]C([2H])([2H])C([2H])([2H])OP(OCCC#N)N(C(C)C)C(C)C. The summed E-state index contributed by atoms with van der Waals surface area (Å²) in [5.74, 6) is 0. The molecular weight excluding hydrogens is 223 g/mol. The van der Waals surface area contributed by atoms with Gasteiger partial charge in [-0.15, -0.1) is 0 Å². The van der Waals surface area contributed by atoms with Gasteiger partial charge < -0.3 is 9.05 Å². The summed E-state index contributed by atoms with van der Waals surface area (Å²) in [5.41, 5.74) is 0. The topological polar surface area (TPSA) is 45.5 Å². The molecule has 1 unspecified atom stereocenters. The van der Waals surface area contributed by atoms with Crippen molar-refractivity contribution in [2.45, 2.75) is 53.1 Å². The summed E-state index contributed by atoms with van der Waals surface area (Å²) in [6, 6.07) is 1.87. The monoisotopic (exact) mass is 251 g/mol. The third-order valence-corrected chi connectivity index (χ3v) is 3.74. The number of nitrogens with zero attached hydrogens (tertiary/aromatic N) is 2. The van der Waals surface area contributed by atoms with E-state index in [-0.39, 0.29) is 25.1 Å². The lowest BCUT2D eigenvalue weighted by molar-refractivity contribution is 0.182. The fourth-order valence-electron chi connectivity index (χ4n) is 1.32. The number of rotatable bonds is 8. The van der Waals surface area contributed by atoms with E-state index < -0.39 is 21.9 Å². The van der Waals surface area contributed by atoms with Gasteiger partial charge in [-0.25, -0.2) is 4.67 Å². The maximum absolute atomic E-state index is 8.56. The molecule has 0 saturated heterocycles. The summed E-state index contributed by atoms with van der Waals surface area (Å²) in [6.45, 7) is 1.89. The summed E-state index contributed by atoms with van der Waals surface area (Å²) >= 11 is 0. The molecule has 0 aliphatic carbocycles. The second-order valence-electron chi connectivity index (χ2n) is 3.74. The van der Waals surface area contributed by atoms with Crippen LogP contribution in [-0.2, 0) is 9.05 Å². The standard InChI is InChI=1S/C11H23N2O2P/c1-6-14-16(15-9-7-8-12)13(10(2)3)11(4)5/h10-11H,6-7,9H2,1-5H3/i1D3,6D2. The van der Waals surface area contributed by atoms with E-state index in [1.165, 1.54) is 0 Å². The smallest absolute Gasteiger partial charge is 0.259 e. The van der Waals surface area contributed by atoms with E-state index in [0.717, 1.165) is 0 Å². The highest BCUT2D eigenvalue weighted by Gasteiger charge is 2.26. The molecule has 0 fully saturated rings. The van der Waals surface area contributed by atoms with Gasteiger partial charge in [-0.3, -0.25) is 0 Å². The van der Waals surface area contributed by atoms with Gasteiger partial charge in [-0.1, -0.05) is 0 Å². The van der Waals surface area contributed by atoms with Crippen molar-refractivity contribution < 1.29 is 15.9 Å². The van der Waals surface area contributed by atoms with Gasteiger partial charge in [0.15, 0.2) is 0 Å². The van der Waals surface area contributed by atoms with Crippen LogP contribution in [0.25, 0.3) is 0 Å². The summed E-state index contributed by atoms with van der Waals surface area (Å²) in [4.78, 5) is 0. The molecule has 0 saturated carbocycles. The molecule has 16 heavy (non-hydrogen) atoms. The van der Waals surface area contributed by atoms with Crippen molar-refractivity contribution in [2.24, 2.45) is 0 Å². The highest BCUT2D eigenvalue weighted by molar-refractivity contribution is 7.44. The molecule has 94 valence electrons. The zero-order valence-corrected chi connectivity index (χ0v) is 11.1. The van der Waals surface area contributed by atoms with Crippen LogP contribution >= 0.6 is 8.53 Å². The Morgan fingerprint density at radius 3 is 2.44 bits per heavy atom. The lowest BCUT2D eigenvalue weighted by atomic mass is 10.3. The van der Waals surface area contributed by atoms with E-state index in [4.69, 9.17) is 21.2 Å². The van der Waals surface area contributed by atoms with E-state index in [0.29, 0.717) is 0 Å². The number of nitriles is 1. The maximum atomic E-state index is 8.56. The third-order valence-electron chi connectivity index (χ3n) is 1.79. The number of hydrogen-bond acceptors (Lipinski definition) is 4. The van der Waals surface area contributed by atoms with Crippen LogP contribution in [-0.4, -0.2) is 29.9 Å². The molecule has 0 aromatic carbocycles. The lowest BCUT2D eigenvalue weighted by Gasteiger charge is -2.35. The zero-order valence-electron chi connectivity index (χ0n) is 15.2. The van der Waals surface area contributed by atoms with Gasteiger partial charge in [0.25, 0.3) is 8.53 Å². The van der Waals surface area contributed by atoms with Crippen LogP contribution in [0.15, 0.2) is 0 Å². The average molecular weight is 251 g/mol. The minimum Gasteiger partial charge on any atom is -0.322 e. The van der Waals surface area contributed by atoms with Crippen molar-refractivity contribution in [2.75, 3.05) is 13.2 Å². The molecule has 0 aliphatic rings. The van der Waals surface area contributed by atoms with Crippen molar-refractivity contribution >= 4 is 8.53 Å². The highest BCUT2D eigenvalue weighted by atomic mass is 31.2. The molecule has 5 heteroatoms. The fourth-order valence-corrected chi connectivity index (χ4v) is 2.68. The summed E-state index contributed by atoms with van der Waals surface area (Å²) in [6.07, 6.45) is 0.128. The predicted octanol–water partition coefficient (Wildman–Crippen LogP) is 3.30. The quantitative estimate of drug-likeness (QED) is 0.490. The second kappa shape index (κ2) is 8.90. The first-order valence-corrected chi connectivity index (χ1v) is 6.34. The van der Waals surface area contributed by atoms with Crippen molar-refractivity contribution in [1.29, 1.82) is 5.26 Å². The van der Waals surface area contributed by atoms with Crippen molar-refractivity contribution in [3.8, 4) is 6.07 Å². The first-order chi connectivity index (χ1) is 9.44. The highest BCUT2D eigenvalue weighted by Crippen LogP contribution is 2.45. The van der Waals surface area contributed by atoms with E-state index in [1.807, 2.05) is 33.8 Å². The summed E-state index contributed by atoms with van der Waals surface area (Å²) in [7, 11) is -1.92. The van der Waals surface area contributed by atoms with Crippen LogP contribution in [0.3, 0.4) is 0 Å². The van der Waals surface area contributed by atoms with Crippen LogP contribution < -0.4 is 0 Å². The van der Waals surface area contributed by atoms with E-state index in [1.54, 1.807) is 4.67 Å². The molecule has 0 N–H and O–H groups in total. The van der Waals surface area contributed by atoms with E-state index >= 15 is 0 Å². The molecular formula is C11H23N2O2P. The Bertz CT molecular complexity index is 350. The zero-order chi connectivity index (χ0) is 16.8. The average Bonchev–Trinajstić information content (AvgIpc) is 2.25. The Labute approximate surface area is 108 Å². The Kier molecular flexibility index (Phi) is 4.91. The molecule has 0 bridgehead atoms. The third kappa shape index (κ3) is 5.77. The van der Waals surface area contributed by atoms with Crippen LogP contribution in [0.5, 0.6) is 0 Å². The van der Waals surface area contributed by atoms with Crippen LogP contribution in [0, 0.1) is 11.3 Å². The van der Waals surface area contributed by atoms with Gasteiger partial charge in [0.2, 0.25) is 0 Å². The Hall–Kier alpha value is -0.200. The van der Waals surface area contributed by atoms with Crippen molar-refractivity contribution in [3.05, 3.63) is 0 Å². The Morgan fingerprint density at radius 2 is 2.00 bits per heavy atom. The van der Waals surface area contributed by atoms with Crippen LogP contribution in [0.4, 0.5) is 0 Å². The van der Waals surface area contributed by atoms with Crippen molar-refractivity contribution in [1.82, 2.24) is 4.67 Å². The van der Waals surface area contributed by atoms with Gasteiger partial charge in [0, 0.05) is 16.2 Å². The van der Waals surface area contributed by atoms with E-state index in [2.05, 4.69) is 0 Å². The van der Waals surface area contributed by atoms with Gasteiger partial charge in [-0.05, 0) is 34.5 Å². The first kappa shape index (κ1) is 8.83. The van der Waals surface area contributed by atoms with Crippen LogP contribution in [0.1, 0.15) is 47.8 Å². The summed E-state index contributed by atoms with van der Waals surface area (Å²) in [5, 5.41) is 8.56. The lowest BCUT2D eigenvalue weighted by Crippen LogP contribution is -2.33. The molecule has 0 aliphatic heterocycles. The molecule has 0 rings (SSSR count). The first-order valence-electron chi connectivity index (χ1n) is 7.71. The molecule has 4 nitrogen and oxygen atoms in total. The molecule has 0 heterocycles. The van der Waals surface area contributed by atoms with Crippen LogP contribution in [0.2, 0.25) is 0 Å². The normalized spacial score (nSPS) is 19.8. The summed E-state index contributed by atoms with van der Waals surface area (Å²) < 4.78 is 49.2. The second-order valence-corrected chi connectivity index (χ2v) is 5.12. The van der Waals surface area contributed by atoms with E-state index in [9.17, 15) is 0 Å². The van der Waals surface area contributed by atoms with Crippen molar-refractivity contribution in [3.63, 3.8) is 0 Å². The molecule has 0 amide bonds. The Morgan fingerprint density at radius 1 is 1.38 bits per heavy atom. The molecule has 0 spiro atoms. The maximum Gasteiger partial charge on any atom is 0.259 e. The minimum atomic E-state index is -2.91. The number of hydrogen-bond donors (Lipinski definition) is 0. The van der Waals surface area contributed by atoms with Gasteiger partial charge in [0.1, 0.15) is 0 Å². The van der Waals surface area contributed by atoms with Gasteiger partial charge in [-0.2, -0.15) is 5.26 Å². The Balaban J connectivity index is 5.18. The largest absolute Gasteiger partial charge is 0.322 e. The fraction of sp³-hybridized carbons (Fsp3) is 0.909. The molecule has 0 aromatic heterocycles. The van der Waals surface area contributed by atoms with Gasteiger partial charge in [0.05, 0.1) is 28.4 Å². The molecule has 0 aromatic rings. The molecule has 0 radical (unpaired) electrons.